The molecular weight excluding hydrogens is 250 g/mol. The Balaban J connectivity index is 2.40. The summed E-state index contributed by atoms with van der Waals surface area (Å²) in [7, 11) is 0. The maximum Gasteiger partial charge on any atom is 0.156 e. The topological polar surface area (TPSA) is 72.0 Å². The molecule has 5 heteroatoms. The lowest BCUT2D eigenvalue weighted by Crippen LogP contribution is -2.14. The number of benzene rings is 1. The maximum absolute atomic E-state index is 7.45. The highest BCUT2D eigenvalue weighted by Gasteiger charge is 2.10. The highest BCUT2D eigenvalue weighted by atomic mass is 35.5. The van der Waals surface area contributed by atoms with Crippen molar-refractivity contribution >= 4 is 17.4 Å². The van der Waals surface area contributed by atoms with E-state index in [-0.39, 0.29) is 5.84 Å². The van der Waals surface area contributed by atoms with Crippen LogP contribution in [0.15, 0.2) is 36.5 Å². The Bertz CT molecular complexity index is 599. The summed E-state index contributed by atoms with van der Waals surface area (Å²) in [6, 6.07) is 8.81. The van der Waals surface area contributed by atoms with Crippen LogP contribution in [0.3, 0.4) is 0 Å². The van der Waals surface area contributed by atoms with E-state index in [1.54, 1.807) is 30.5 Å². The fraction of sp³-hybridized carbons (Fsp3) is 0.0769. The Hall–Kier alpha value is -2.07. The van der Waals surface area contributed by atoms with E-state index in [4.69, 9.17) is 27.5 Å². The second-order valence-corrected chi connectivity index (χ2v) is 4.21. The Morgan fingerprint density at radius 1 is 1.33 bits per heavy atom. The van der Waals surface area contributed by atoms with Gasteiger partial charge in [-0.2, -0.15) is 0 Å². The number of nitrogens with one attached hydrogen (secondary N) is 1. The molecule has 0 aliphatic rings. The van der Waals surface area contributed by atoms with Crippen LogP contribution in [0.2, 0.25) is 5.02 Å². The molecule has 0 saturated carbocycles. The van der Waals surface area contributed by atoms with E-state index in [0.29, 0.717) is 22.2 Å². The number of halogens is 1. The molecule has 1 heterocycles. The van der Waals surface area contributed by atoms with Crippen molar-refractivity contribution in [2.24, 2.45) is 5.73 Å². The second kappa shape index (κ2) is 5.06. The van der Waals surface area contributed by atoms with Gasteiger partial charge in [-0.3, -0.25) is 5.41 Å². The largest absolute Gasteiger partial charge is 0.455 e. The quantitative estimate of drug-likeness (QED) is 0.659. The second-order valence-electron chi connectivity index (χ2n) is 3.78. The molecule has 92 valence electrons. The minimum Gasteiger partial charge on any atom is -0.455 e. The number of aromatic nitrogens is 1. The summed E-state index contributed by atoms with van der Waals surface area (Å²) in [6.45, 7) is 1.91. The van der Waals surface area contributed by atoms with Crippen molar-refractivity contribution in [1.82, 2.24) is 4.98 Å². The van der Waals surface area contributed by atoms with Gasteiger partial charge in [0.25, 0.3) is 0 Å². The number of nitrogens with two attached hydrogens (primary N) is 1. The SMILES string of the molecule is Cc1ccc(Cl)cc1Oc1cccnc1C(=N)N. The van der Waals surface area contributed by atoms with Crippen molar-refractivity contribution in [3.63, 3.8) is 0 Å². The third-order valence-electron chi connectivity index (χ3n) is 2.40. The van der Waals surface area contributed by atoms with Crippen LogP contribution in [0.25, 0.3) is 0 Å². The standard InChI is InChI=1S/C13H12ClN3O/c1-8-4-5-9(14)7-11(8)18-10-3-2-6-17-12(10)13(15)16/h2-7H,1H3,(H3,15,16). The number of hydrogen-bond acceptors (Lipinski definition) is 3. The minimum absolute atomic E-state index is 0.134. The molecule has 1 aromatic heterocycles. The smallest absolute Gasteiger partial charge is 0.156 e. The van der Waals surface area contributed by atoms with Crippen LogP contribution in [-0.4, -0.2) is 10.8 Å². The first kappa shape index (κ1) is 12.4. The zero-order valence-electron chi connectivity index (χ0n) is 9.77. The van der Waals surface area contributed by atoms with Crippen LogP contribution in [0.5, 0.6) is 11.5 Å². The zero-order chi connectivity index (χ0) is 13.1. The lowest BCUT2D eigenvalue weighted by atomic mass is 10.2. The Labute approximate surface area is 110 Å². The molecular formula is C13H12ClN3O. The van der Waals surface area contributed by atoms with E-state index >= 15 is 0 Å². The predicted octanol–water partition coefficient (Wildman–Crippen LogP) is 3.12. The summed E-state index contributed by atoms with van der Waals surface area (Å²) in [5, 5.41) is 8.03. The number of aryl methyl sites for hydroxylation is 1. The predicted molar refractivity (Wildman–Crippen MR) is 71.5 cm³/mol. The number of ether oxygens (including phenoxy) is 1. The summed E-state index contributed by atoms with van der Waals surface area (Å²) < 4.78 is 5.71. The third-order valence-corrected chi connectivity index (χ3v) is 2.63. The molecule has 0 radical (unpaired) electrons. The first-order valence-electron chi connectivity index (χ1n) is 5.31. The molecule has 4 nitrogen and oxygen atoms in total. The van der Waals surface area contributed by atoms with Gasteiger partial charge in [0, 0.05) is 11.2 Å². The van der Waals surface area contributed by atoms with E-state index < -0.39 is 0 Å². The normalized spacial score (nSPS) is 10.1. The third kappa shape index (κ3) is 2.60. The molecule has 1 aromatic carbocycles. The zero-order valence-corrected chi connectivity index (χ0v) is 10.5. The maximum atomic E-state index is 7.45. The number of nitrogens with zero attached hydrogens (tertiary/aromatic N) is 1. The number of rotatable bonds is 3. The summed E-state index contributed by atoms with van der Waals surface area (Å²) in [4.78, 5) is 4.02. The Morgan fingerprint density at radius 2 is 2.11 bits per heavy atom. The molecule has 2 rings (SSSR count). The molecule has 0 unspecified atom stereocenters. The fourth-order valence-electron chi connectivity index (χ4n) is 1.48. The van der Waals surface area contributed by atoms with Gasteiger partial charge in [-0.15, -0.1) is 0 Å². The van der Waals surface area contributed by atoms with Gasteiger partial charge >= 0.3 is 0 Å². The highest BCUT2D eigenvalue weighted by molar-refractivity contribution is 6.30. The van der Waals surface area contributed by atoms with Crippen molar-refractivity contribution in [2.45, 2.75) is 6.92 Å². The fourth-order valence-corrected chi connectivity index (χ4v) is 1.64. The van der Waals surface area contributed by atoms with Gasteiger partial charge in [-0.1, -0.05) is 17.7 Å². The lowest BCUT2D eigenvalue weighted by Gasteiger charge is -2.11. The summed E-state index contributed by atoms with van der Waals surface area (Å²) >= 11 is 5.92. The van der Waals surface area contributed by atoms with E-state index in [1.165, 1.54) is 0 Å². The van der Waals surface area contributed by atoms with Crippen LogP contribution in [-0.2, 0) is 0 Å². The summed E-state index contributed by atoms with van der Waals surface area (Å²) in [5.74, 6) is 0.929. The average molecular weight is 262 g/mol. The van der Waals surface area contributed by atoms with Crippen molar-refractivity contribution in [1.29, 1.82) is 5.41 Å². The first-order chi connectivity index (χ1) is 8.58. The Morgan fingerprint density at radius 3 is 2.83 bits per heavy atom. The van der Waals surface area contributed by atoms with Gasteiger partial charge in [0.2, 0.25) is 0 Å². The average Bonchev–Trinajstić information content (AvgIpc) is 2.34. The number of hydrogen-bond donors (Lipinski definition) is 2. The Kier molecular flexibility index (Phi) is 3.48. The van der Waals surface area contributed by atoms with Crippen LogP contribution >= 0.6 is 11.6 Å². The summed E-state index contributed by atoms with van der Waals surface area (Å²) in [5.41, 5.74) is 6.71. The van der Waals surface area contributed by atoms with Crippen LogP contribution in [0, 0.1) is 12.3 Å². The molecule has 0 bridgehead atoms. The minimum atomic E-state index is -0.134. The van der Waals surface area contributed by atoms with E-state index in [1.807, 2.05) is 13.0 Å². The van der Waals surface area contributed by atoms with Crippen molar-refractivity contribution in [2.75, 3.05) is 0 Å². The molecule has 0 fully saturated rings. The molecule has 0 aliphatic heterocycles. The van der Waals surface area contributed by atoms with Gasteiger partial charge in [0.15, 0.2) is 5.75 Å². The summed E-state index contributed by atoms with van der Waals surface area (Å²) in [6.07, 6.45) is 1.56. The lowest BCUT2D eigenvalue weighted by molar-refractivity contribution is 0.475. The highest BCUT2D eigenvalue weighted by Crippen LogP contribution is 2.29. The molecule has 18 heavy (non-hydrogen) atoms. The van der Waals surface area contributed by atoms with Gasteiger partial charge in [-0.05, 0) is 36.8 Å². The van der Waals surface area contributed by atoms with Crippen LogP contribution in [0.1, 0.15) is 11.3 Å². The van der Waals surface area contributed by atoms with E-state index in [9.17, 15) is 0 Å². The van der Waals surface area contributed by atoms with E-state index in [2.05, 4.69) is 4.98 Å². The van der Waals surface area contributed by atoms with Gasteiger partial charge in [0.05, 0.1) is 0 Å². The van der Waals surface area contributed by atoms with Crippen molar-refractivity contribution in [3.8, 4) is 11.5 Å². The van der Waals surface area contributed by atoms with Crippen molar-refractivity contribution in [3.05, 3.63) is 52.8 Å². The molecule has 3 N–H and O–H groups in total. The molecule has 2 aromatic rings. The van der Waals surface area contributed by atoms with Crippen LogP contribution in [0.4, 0.5) is 0 Å². The van der Waals surface area contributed by atoms with Gasteiger partial charge in [0.1, 0.15) is 17.3 Å². The van der Waals surface area contributed by atoms with Crippen LogP contribution < -0.4 is 10.5 Å². The molecule has 0 spiro atoms. The molecule has 0 aliphatic carbocycles. The molecule has 0 amide bonds. The van der Waals surface area contributed by atoms with Crippen molar-refractivity contribution < 1.29 is 4.74 Å². The monoisotopic (exact) mass is 261 g/mol. The number of nitrogen functional groups attached to an aromatic ring is 1. The van der Waals surface area contributed by atoms with Gasteiger partial charge in [-0.25, -0.2) is 4.98 Å². The number of pyridine rings is 1. The van der Waals surface area contributed by atoms with E-state index in [0.717, 1.165) is 5.56 Å². The molecule has 0 atom stereocenters. The first-order valence-corrected chi connectivity index (χ1v) is 5.69. The number of amidine groups is 1. The van der Waals surface area contributed by atoms with Gasteiger partial charge < -0.3 is 10.5 Å². The molecule has 0 saturated heterocycles.